The van der Waals surface area contributed by atoms with Gasteiger partial charge in [0.2, 0.25) is 0 Å². The van der Waals surface area contributed by atoms with Crippen LogP contribution >= 0.6 is 46.5 Å². The molecule has 3 atom stereocenters. The molecule has 0 saturated heterocycles. The highest BCUT2D eigenvalue weighted by Crippen LogP contribution is 2.46. The highest BCUT2D eigenvalue weighted by molar-refractivity contribution is 7.80. The standard InChI is InChI=1S/C42H87O3PS3/c1-4-7-10-13-16-19-22-25-28-31-34-40(37-47)43-46(44-41(38-48)35-32-29-26-23-20-17-14-11-8-5-2)45-42(39-49)36-33-30-27-24-21-18-15-12-9-6-3/h40-42,47-49H,4-39H2,1-3H3. The molecule has 0 aromatic carbocycles. The Labute approximate surface area is 326 Å². The van der Waals surface area contributed by atoms with Crippen molar-refractivity contribution >= 4 is 46.5 Å². The largest absolute Gasteiger partial charge is 0.333 e. The molecule has 0 spiro atoms. The molecule has 0 fully saturated rings. The number of unbranched alkanes of at least 4 members (excludes halogenated alkanes) is 27. The molecule has 296 valence electrons. The fourth-order valence-electron chi connectivity index (χ4n) is 6.55. The smallest absolute Gasteiger partial charge is 0.308 e. The molecule has 0 aromatic rings. The number of hydrogen-bond donors (Lipinski definition) is 3. The quantitative estimate of drug-likeness (QED) is 0.0328. The zero-order valence-corrected chi connectivity index (χ0v) is 36.8. The summed E-state index contributed by atoms with van der Waals surface area (Å²) in [5.41, 5.74) is 0. The van der Waals surface area contributed by atoms with Gasteiger partial charge in [-0.3, -0.25) is 0 Å². The molecule has 7 heteroatoms. The number of hydrogen-bond acceptors (Lipinski definition) is 6. The Morgan fingerprint density at radius 2 is 0.490 bits per heavy atom. The highest BCUT2D eigenvalue weighted by atomic mass is 32.1. The Hall–Kier alpha value is 1.36. The average Bonchev–Trinajstić information content (AvgIpc) is 3.12. The molecule has 0 bridgehead atoms. The lowest BCUT2D eigenvalue weighted by Gasteiger charge is -2.28. The van der Waals surface area contributed by atoms with Crippen molar-refractivity contribution in [2.45, 2.75) is 251 Å². The van der Waals surface area contributed by atoms with Gasteiger partial charge in [-0.15, -0.1) is 0 Å². The summed E-state index contributed by atoms with van der Waals surface area (Å²) in [7, 11) is -1.46. The summed E-state index contributed by atoms with van der Waals surface area (Å²) < 4.78 is 19.9. The molecule has 0 aromatic heterocycles. The van der Waals surface area contributed by atoms with Gasteiger partial charge in [-0.05, 0) is 19.3 Å². The van der Waals surface area contributed by atoms with Crippen LogP contribution in [-0.2, 0) is 13.6 Å². The van der Waals surface area contributed by atoms with Gasteiger partial charge in [-0.25, -0.2) is 0 Å². The molecular formula is C42H87O3PS3. The first-order chi connectivity index (χ1) is 24.1. The van der Waals surface area contributed by atoms with E-state index >= 15 is 0 Å². The predicted molar refractivity (Wildman–Crippen MR) is 232 cm³/mol. The van der Waals surface area contributed by atoms with Crippen LogP contribution in [0.5, 0.6) is 0 Å². The van der Waals surface area contributed by atoms with Crippen LogP contribution in [-0.4, -0.2) is 35.6 Å². The number of rotatable bonds is 42. The molecule has 0 N–H and O–H groups in total. The minimum atomic E-state index is -1.46. The average molecular weight is 767 g/mol. The van der Waals surface area contributed by atoms with Crippen molar-refractivity contribution in [1.82, 2.24) is 0 Å². The van der Waals surface area contributed by atoms with Crippen molar-refractivity contribution in [3.05, 3.63) is 0 Å². The lowest BCUT2D eigenvalue weighted by atomic mass is 10.1. The third-order valence-electron chi connectivity index (χ3n) is 9.96. The molecule has 3 unspecified atom stereocenters. The van der Waals surface area contributed by atoms with Gasteiger partial charge in [0.1, 0.15) is 0 Å². The van der Waals surface area contributed by atoms with Gasteiger partial charge in [0, 0.05) is 17.3 Å². The van der Waals surface area contributed by atoms with Crippen molar-refractivity contribution in [2.24, 2.45) is 0 Å². The van der Waals surface area contributed by atoms with Crippen molar-refractivity contribution in [1.29, 1.82) is 0 Å². The SMILES string of the molecule is CCCCCCCCCCCCC(CS)OP(OC(CS)CCCCCCCCCCCC)OC(CS)CCCCCCCCCCCC. The molecule has 0 rings (SSSR count). The third kappa shape index (κ3) is 36.1. The van der Waals surface area contributed by atoms with Crippen molar-refractivity contribution in [3.63, 3.8) is 0 Å². The second-order valence-corrected chi connectivity index (χ2v) is 17.0. The van der Waals surface area contributed by atoms with Gasteiger partial charge in [-0.2, -0.15) is 37.9 Å². The summed E-state index contributed by atoms with van der Waals surface area (Å²) in [6, 6.07) is 0. The van der Waals surface area contributed by atoms with Crippen molar-refractivity contribution < 1.29 is 13.6 Å². The van der Waals surface area contributed by atoms with E-state index in [2.05, 4.69) is 20.8 Å². The Morgan fingerprint density at radius 3 is 0.673 bits per heavy atom. The Kier molecular flexibility index (Phi) is 43.3. The van der Waals surface area contributed by atoms with Gasteiger partial charge in [0.15, 0.2) is 0 Å². The maximum Gasteiger partial charge on any atom is 0.333 e. The van der Waals surface area contributed by atoms with E-state index in [1.807, 2.05) is 0 Å². The fourth-order valence-corrected chi connectivity index (χ4v) is 9.09. The molecule has 0 heterocycles. The number of thiol groups is 3. The summed E-state index contributed by atoms with van der Waals surface area (Å²) in [6.45, 7) is 6.87. The van der Waals surface area contributed by atoms with E-state index < -0.39 is 8.60 Å². The lowest BCUT2D eigenvalue weighted by molar-refractivity contribution is 0.0742. The van der Waals surface area contributed by atoms with Crippen LogP contribution in [0.3, 0.4) is 0 Å². The van der Waals surface area contributed by atoms with Crippen LogP contribution in [0.4, 0.5) is 0 Å². The van der Waals surface area contributed by atoms with E-state index in [-0.39, 0.29) is 18.3 Å². The molecule has 0 aliphatic heterocycles. The topological polar surface area (TPSA) is 27.7 Å². The monoisotopic (exact) mass is 767 g/mol. The van der Waals surface area contributed by atoms with Crippen molar-refractivity contribution in [2.75, 3.05) is 17.3 Å². The molecule has 0 aliphatic rings. The summed E-state index contributed by atoms with van der Waals surface area (Å²) in [6.07, 6.45) is 43.7. The maximum absolute atomic E-state index is 6.62. The van der Waals surface area contributed by atoms with Crippen molar-refractivity contribution in [3.8, 4) is 0 Å². The van der Waals surface area contributed by atoms with Gasteiger partial charge in [0.05, 0.1) is 18.3 Å². The molecule has 0 saturated carbocycles. The summed E-state index contributed by atoms with van der Waals surface area (Å²) in [5, 5.41) is 0. The van der Waals surface area contributed by atoms with E-state index in [0.29, 0.717) is 17.3 Å². The van der Waals surface area contributed by atoms with E-state index in [9.17, 15) is 0 Å². The van der Waals surface area contributed by atoms with Crippen LogP contribution in [0, 0.1) is 0 Å². The van der Waals surface area contributed by atoms with E-state index in [1.165, 1.54) is 193 Å². The zero-order chi connectivity index (χ0) is 35.9. The molecule has 3 nitrogen and oxygen atoms in total. The lowest BCUT2D eigenvalue weighted by Crippen LogP contribution is -2.21. The van der Waals surface area contributed by atoms with Crippen LogP contribution < -0.4 is 0 Å². The predicted octanol–water partition coefficient (Wildman–Crippen LogP) is 16.1. The zero-order valence-electron chi connectivity index (χ0n) is 33.2. The van der Waals surface area contributed by atoms with Gasteiger partial charge < -0.3 is 13.6 Å². The first-order valence-corrected chi connectivity index (χ1v) is 24.8. The highest BCUT2D eigenvalue weighted by Gasteiger charge is 2.26. The fraction of sp³-hybridized carbons (Fsp3) is 1.00. The summed E-state index contributed by atoms with van der Waals surface area (Å²) >= 11 is 14.1. The molecule has 49 heavy (non-hydrogen) atoms. The normalized spacial score (nSPS) is 14.3. The Morgan fingerprint density at radius 1 is 0.306 bits per heavy atom. The van der Waals surface area contributed by atoms with Crippen LogP contribution in [0.25, 0.3) is 0 Å². The molecule has 0 amide bonds. The maximum atomic E-state index is 6.62. The Balaban J connectivity index is 4.73. The first-order valence-electron chi connectivity index (χ1n) is 21.8. The second kappa shape index (κ2) is 42.1. The van der Waals surface area contributed by atoms with Gasteiger partial charge in [-0.1, -0.05) is 213 Å². The minimum Gasteiger partial charge on any atom is -0.308 e. The van der Waals surface area contributed by atoms with Crippen LogP contribution in [0.15, 0.2) is 0 Å². The Bertz CT molecular complexity index is 537. The van der Waals surface area contributed by atoms with Crippen LogP contribution in [0.1, 0.15) is 233 Å². The molecule has 0 radical (unpaired) electrons. The summed E-state index contributed by atoms with van der Waals surface area (Å²) in [4.78, 5) is 0. The minimum absolute atomic E-state index is 0.0688. The first kappa shape index (κ1) is 50.4. The molecule has 0 aliphatic carbocycles. The van der Waals surface area contributed by atoms with Gasteiger partial charge in [0.25, 0.3) is 0 Å². The third-order valence-corrected chi connectivity index (χ3v) is 12.6. The van der Waals surface area contributed by atoms with E-state index in [4.69, 9.17) is 51.5 Å². The second-order valence-electron chi connectivity index (χ2n) is 14.9. The summed E-state index contributed by atoms with van der Waals surface area (Å²) in [5.74, 6) is 2.12. The van der Waals surface area contributed by atoms with E-state index in [0.717, 1.165) is 19.3 Å². The molecular weight excluding hydrogens is 680 g/mol. The van der Waals surface area contributed by atoms with Crippen LogP contribution in [0.2, 0.25) is 0 Å². The van der Waals surface area contributed by atoms with E-state index in [1.54, 1.807) is 0 Å². The van der Waals surface area contributed by atoms with Gasteiger partial charge >= 0.3 is 8.60 Å².